The minimum atomic E-state index is -0.0132. The van der Waals surface area contributed by atoms with Crippen molar-refractivity contribution in [3.8, 4) is 0 Å². The van der Waals surface area contributed by atoms with E-state index in [2.05, 4.69) is 16.9 Å². The van der Waals surface area contributed by atoms with Gasteiger partial charge in [-0.25, -0.2) is 9.97 Å². The van der Waals surface area contributed by atoms with Crippen molar-refractivity contribution in [3.63, 3.8) is 0 Å². The Labute approximate surface area is 81.5 Å². The highest BCUT2D eigenvalue weighted by atomic mass is 32.2. The van der Waals surface area contributed by atoms with Crippen molar-refractivity contribution in [2.24, 2.45) is 5.73 Å². The number of nitrogens with two attached hydrogens (primary N) is 1. The third kappa shape index (κ3) is 3.02. The number of aromatic nitrogens is 2. The quantitative estimate of drug-likeness (QED) is 0.329. The average molecular weight is 196 g/mol. The molecule has 0 bridgehead atoms. The minimum Gasteiger partial charge on any atom is -0.382 e. The predicted octanol–water partition coefficient (Wildman–Crippen LogP) is 1.26. The van der Waals surface area contributed by atoms with E-state index >= 15 is 0 Å². The molecule has 1 aromatic rings. The number of hydrogen-bond acceptors (Lipinski definition) is 4. The first kappa shape index (κ1) is 9.98. The molecule has 0 spiro atoms. The molecule has 1 heterocycles. The van der Waals surface area contributed by atoms with Crippen LogP contribution in [0.25, 0.3) is 0 Å². The van der Waals surface area contributed by atoms with Crippen LogP contribution in [0.4, 0.5) is 0 Å². The van der Waals surface area contributed by atoms with Crippen LogP contribution in [-0.4, -0.2) is 21.6 Å². The fraction of sp³-hybridized carbons (Fsp3) is 0.375. The molecule has 0 aromatic carbocycles. The van der Waals surface area contributed by atoms with Gasteiger partial charge in [-0.05, 0) is 12.5 Å². The summed E-state index contributed by atoms with van der Waals surface area (Å²) in [6, 6.07) is 1.64. The fourth-order valence-electron chi connectivity index (χ4n) is 0.754. The molecule has 0 aliphatic carbocycles. The van der Waals surface area contributed by atoms with E-state index < -0.39 is 0 Å². The molecule has 13 heavy (non-hydrogen) atoms. The number of rotatable bonds is 4. The van der Waals surface area contributed by atoms with Gasteiger partial charge in [-0.1, -0.05) is 18.7 Å². The molecule has 1 aromatic heterocycles. The minimum absolute atomic E-state index is 0.0132. The lowest BCUT2D eigenvalue weighted by molar-refractivity contribution is 0.949. The Balaban J connectivity index is 2.73. The first-order chi connectivity index (χ1) is 6.24. The average Bonchev–Trinajstić information content (AvgIpc) is 2.15. The number of nitrogens with one attached hydrogen (secondary N) is 1. The summed E-state index contributed by atoms with van der Waals surface area (Å²) in [5, 5.41) is 7.88. The van der Waals surface area contributed by atoms with Gasteiger partial charge in [-0.3, -0.25) is 5.41 Å². The molecule has 0 fully saturated rings. The Morgan fingerprint density at radius 1 is 1.69 bits per heavy atom. The van der Waals surface area contributed by atoms with Gasteiger partial charge in [0.15, 0.2) is 5.16 Å². The summed E-state index contributed by atoms with van der Waals surface area (Å²) in [5.41, 5.74) is 5.79. The number of hydrogen-bond donors (Lipinski definition) is 2. The molecule has 0 aliphatic rings. The summed E-state index contributed by atoms with van der Waals surface area (Å²) < 4.78 is 0. The molecule has 0 saturated heterocycles. The topological polar surface area (TPSA) is 75.7 Å². The zero-order valence-corrected chi connectivity index (χ0v) is 8.27. The van der Waals surface area contributed by atoms with E-state index in [0.29, 0.717) is 10.9 Å². The van der Waals surface area contributed by atoms with E-state index in [9.17, 15) is 0 Å². The highest BCUT2D eigenvalue weighted by molar-refractivity contribution is 7.99. The van der Waals surface area contributed by atoms with Crippen molar-refractivity contribution >= 4 is 17.6 Å². The van der Waals surface area contributed by atoms with Gasteiger partial charge in [0.05, 0.1) is 0 Å². The van der Waals surface area contributed by atoms with Crippen molar-refractivity contribution < 1.29 is 0 Å². The van der Waals surface area contributed by atoms with Gasteiger partial charge in [0, 0.05) is 11.9 Å². The van der Waals surface area contributed by atoms with Gasteiger partial charge in [0.2, 0.25) is 0 Å². The number of nitrogens with zero attached hydrogens (tertiary/aromatic N) is 2. The number of amidine groups is 1. The van der Waals surface area contributed by atoms with Crippen LogP contribution in [0.3, 0.4) is 0 Å². The Hall–Kier alpha value is -1.10. The van der Waals surface area contributed by atoms with Crippen LogP contribution in [0.1, 0.15) is 19.0 Å². The van der Waals surface area contributed by atoms with E-state index in [-0.39, 0.29) is 5.84 Å². The van der Waals surface area contributed by atoms with Crippen LogP contribution >= 0.6 is 11.8 Å². The Morgan fingerprint density at radius 2 is 2.46 bits per heavy atom. The molecule has 0 saturated carbocycles. The maximum absolute atomic E-state index is 7.19. The van der Waals surface area contributed by atoms with Crippen LogP contribution < -0.4 is 5.73 Å². The second-order valence-corrected chi connectivity index (χ2v) is 3.55. The predicted molar refractivity (Wildman–Crippen MR) is 54.1 cm³/mol. The van der Waals surface area contributed by atoms with Gasteiger partial charge in [-0.2, -0.15) is 0 Å². The van der Waals surface area contributed by atoms with Crippen LogP contribution in [-0.2, 0) is 0 Å². The van der Waals surface area contributed by atoms with Crippen molar-refractivity contribution in [2.75, 3.05) is 5.75 Å². The lowest BCUT2D eigenvalue weighted by Crippen LogP contribution is -2.13. The smallest absolute Gasteiger partial charge is 0.188 e. The van der Waals surface area contributed by atoms with Crippen LogP contribution in [0.2, 0.25) is 0 Å². The summed E-state index contributed by atoms with van der Waals surface area (Å²) in [4.78, 5) is 8.17. The van der Waals surface area contributed by atoms with Gasteiger partial charge in [0.25, 0.3) is 0 Å². The highest BCUT2D eigenvalue weighted by Crippen LogP contribution is 2.12. The van der Waals surface area contributed by atoms with Gasteiger partial charge >= 0.3 is 0 Å². The van der Waals surface area contributed by atoms with E-state index in [4.69, 9.17) is 11.1 Å². The molecule has 4 nitrogen and oxygen atoms in total. The van der Waals surface area contributed by atoms with E-state index in [1.165, 1.54) is 0 Å². The second-order valence-electron chi connectivity index (χ2n) is 2.49. The van der Waals surface area contributed by atoms with Crippen molar-refractivity contribution in [1.82, 2.24) is 9.97 Å². The number of thioether (sulfide) groups is 1. The van der Waals surface area contributed by atoms with Gasteiger partial charge in [-0.15, -0.1) is 0 Å². The molecule has 1 rings (SSSR count). The molecule has 0 atom stereocenters. The molecule has 70 valence electrons. The Kier molecular flexibility index (Phi) is 3.70. The third-order valence-corrected chi connectivity index (χ3v) is 2.41. The molecule has 0 radical (unpaired) electrons. The van der Waals surface area contributed by atoms with Gasteiger partial charge < -0.3 is 5.73 Å². The summed E-state index contributed by atoms with van der Waals surface area (Å²) in [6.45, 7) is 2.10. The lowest BCUT2D eigenvalue weighted by atomic mass is 10.4. The maximum atomic E-state index is 7.19. The normalized spacial score (nSPS) is 9.92. The molecule has 5 heteroatoms. The monoisotopic (exact) mass is 196 g/mol. The van der Waals surface area contributed by atoms with Crippen LogP contribution in [0.5, 0.6) is 0 Å². The van der Waals surface area contributed by atoms with E-state index in [1.807, 2.05) is 0 Å². The Morgan fingerprint density at radius 3 is 3.08 bits per heavy atom. The SMILES string of the molecule is CCCSc1nccc(C(=N)N)n1. The summed E-state index contributed by atoms with van der Waals surface area (Å²) in [5.74, 6) is 0.974. The van der Waals surface area contributed by atoms with Gasteiger partial charge in [0.1, 0.15) is 11.5 Å². The molecule has 0 aliphatic heterocycles. The van der Waals surface area contributed by atoms with Crippen LogP contribution in [0, 0.1) is 5.41 Å². The number of nitrogen functional groups attached to an aromatic ring is 1. The fourth-order valence-corrected chi connectivity index (χ4v) is 1.44. The second kappa shape index (κ2) is 4.81. The largest absolute Gasteiger partial charge is 0.382 e. The third-order valence-electron chi connectivity index (χ3n) is 1.34. The molecule has 3 N–H and O–H groups in total. The first-order valence-electron chi connectivity index (χ1n) is 4.04. The summed E-state index contributed by atoms with van der Waals surface area (Å²) >= 11 is 1.58. The molecular weight excluding hydrogens is 184 g/mol. The zero-order chi connectivity index (χ0) is 9.68. The summed E-state index contributed by atoms with van der Waals surface area (Å²) in [6.07, 6.45) is 2.71. The van der Waals surface area contributed by atoms with Crippen LogP contribution in [0.15, 0.2) is 17.4 Å². The lowest BCUT2D eigenvalue weighted by Gasteiger charge is -2.00. The van der Waals surface area contributed by atoms with Crippen molar-refractivity contribution in [1.29, 1.82) is 5.41 Å². The standard InChI is InChI=1S/C8H12N4S/c1-2-5-13-8-11-4-3-6(12-8)7(9)10/h3-4H,2,5H2,1H3,(H3,9,10). The van der Waals surface area contributed by atoms with Crippen molar-refractivity contribution in [2.45, 2.75) is 18.5 Å². The zero-order valence-electron chi connectivity index (χ0n) is 7.45. The summed E-state index contributed by atoms with van der Waals surface area (Å²) in [7, 11) is 0. The van der Waals surface area contributed by atoms with Crippen molar-refractivity contribution in [3.05, 3.63) is 18.0 Å². The highest BCUT2D eigenvalue weighted by Gasteiger charge is 2.01. The van der Waals surface area contributed by atoms with E-state index in [1.54, 1.807) is 24.0 Å². The molecular formula is C8H12N4S. The maximum Gasteiger partial charge on any atom is 0.188 e. The first-order valence-corrected chi connectivity index (χ1v) is 5.03. The molecule has 0 unspecified atom stereocenters. The Bertz CT molecular complexity index is 300. The van der Waals surface area contributed by atoms with E-state index in [0.717, 1.165) is 12.2 Å². The molecule has 0 amide bonds.